The van der Waals surface area contributed by atoms with Gasteiger partial charge in [-0.1, -0.05) is 17.7 Å². The van der Waals surface area contributed by atoms with Gasteiger partial charge in [-0.3, -0.25) is 19.1 Å². The highest BCUT2D eigenvalue weighted by atomic mass is 35.5. The predicted octanol–water partition coefficient (Wildman–Crippen LogP) is 0.906. The van der Waals surface area contributed by atoms with Gasteiger partial charge in [-0.2, -0.15) is 0 Å². The SMILES string of the molecule is CCOC(=O)Cn1c(=O)[nH]c(=O)c2c(Cl)cccc21. The number of rotatable bonds is 3. The van der Waals surface area contributed by atoms with Crippen molar-refractivity contribution in [3.05, 3.63) is 44.1 Å². The first-order chi connectivity index (χ1) is 9.04. The third-order valence-corrected chi connectivity index (χ3v) is 2.88. The number of halogens is 1. The second-order valence-electron chi connectivity index (χ2n) is 3.78. The van der Waals surface area contributed by atoms with Gasteiger partial charge < -0.3 is 4.74 Å². The normalized spacial score (nSPS) is 10.6. The molecule has 0 amide bonds. The molecule has 0 aliphatic rings. The van der Waals surface area contributed by atoms with Crippen molar-refractivity contribution in [3.8, 4) is 0 Å². The van der Waals surface area contributed by atoms with Crippen LogP contribution in [0.15, 0.2) is 27.8 Å². The first-order valence-electron chi connectivity index (χ1n) is 5.61. The van der Waals surface area contributed by atoms with Crippen LogP contribution in [0, 0.1) is 0 Å². The van der Waals surface area contributed by atoms with E-state index in [0.717, 1.165) is 4.57 Å². The number of hydrogen-bond donors (Lipinski definition) is 1. The lowest BCUT2D eigenvalue weighted by molar-refractivity contribution is -0.143. The highest BCUT2D eigenvalue weighted by Gasteiger charge is 2.13. The fourth-order valence-electron chi connectivity index (χ4n) is 1.79. The summed E-state index contributed by atoms with van der Waals surface area (Å²) in [5.74, 6) is -0.557. The van der Waals surface area contributed by atoms with E-state index in [2.05, 4.69) is 4.98 Å². The summed E-state index contributed by atoms with van der Waals surface area (Å²) in [6.45, 7) is 1.61. The number of H-pyrrole nitrogens is 1. The Morgan fingerprint density at radius 2 is 2.16 bits per heavy atom. The van der Waals surface area contributed by atoms with Crippen molar-refractivity contribution in [2.75, 3.05) is 6.61 Å². The number of nitrogens with one attached hydrogen (secondary N) is 1. The fourth-order valence-corrected chi connectivity index (χ4v) is 2.05. The summed E-state index contributed by atoms with van der Waals surface area (Å²) in [5.41, 5.74) is -0.951. The van der Waals surface area contributed by atoms with Crippen LogP contribution in [0.5, 0.6) is 0 Å². The molecule has 1 aromatic carbocycles. The van der Waals surface area contributed by atoms with Crippen LogP contribution in [-0.2, 0) is 16.1 Å². The van der Waals surface area contributed by atoms with Gasteiger partial charge in [0.1, 0.15) is 6.54 Å². The van der Waals surface area contributed by atoms with E-state index in [4.69, 9.17) is 16.3 Å². The minimum Gasteiger partial charge on any atom is -0.465 e. The van der Waals surface area contributed by atoms with Gasteiger partial charge in [0.25, 0.3) is 5.56 Å². The predicted molar refractivity (Wildman–Crippen MR) is 70.5 cm³/mol. The summed E-state index contributed by atoms with van der Waals surface area (Å²) in [6, 6.07) is 4.70. The largest absolute Gasteiger partial charge is 0.465 e. The van der Waals surface area contributed by atoms with E-state index >= 15 is 0 Å². The van der Waals surface area contributed by atoms with Gasteiger partial charge in [0.2, 0.25) is 0 Å². The van der Waals surface area contributed by atoms with Crippen molar-refractivity contribution >= 4 is 28.5 Å². The maximum atomic E-state index is 11.8. The Morgan fingerprint density at radius 3 is 2.84 bits per heavy atom. The summed E-state index contributed by atoms with van der Waals surface area (Å²) in [5, 5.41) is 0.393. The monoisotopic (exact) mass is 282 g/mol. The Bertz CT molecular complexity index is 747. The first kappa shape index (κ1) is 13.4. The Labute approximate surface area is 112 Å². The Balaban J connectivity index is 2.67. The summed E-state index contributed by atoms with van der Waals surface area (Å²) in [4.78, 5) is 37.1. The average molecular weight is 283 g/mol. The van der Waals surface area contributed by atoms with Gasteiger partial charge in [-0.05, 0) is 19.1 Å². The van der Waals surface area contributed by atoms with E-state index in [0.29, 0.717) is 5.52 Å². The molecule has 0 radical (unpaired) electrons. The number of carbonyl (C=O) groups excluding carboxylic acids is 1. The van der Waals surface area contributed by atoms with Crippen LogP contribution in [-0.4, -0.2) is 22.1 Å². The van der Waals surface area contributed by atoms with Gasteiger partial charge in [0.05, 0.1) is 22.5 Å². The number of benzene rings is 1. The average Bonchev–Trinajstić information content (AvgIpc) is 2.34. The number of ether oxygens (including phenoxy) is 1. The van der Waals surface area contributed by atoms with Gasteiger partial charge >= 0.3 is 11.7 Å². The molecule has 0 aliphatic carbocycles. The molecular formula is C12H11ClN2O4. The second-order valence-corrected chi connectivity index (χ2v) is 4.19. The summed E-state index contributed by atoms with van der Waals surface area (Å²) in [7, 11) is 0. The van der Waals surface area contributed by atoms with E-state index < -0.39 is 17.2 Å². The Kier molecular flexibility index (Phi) is 3.71. The maximum absolute atomic E-state index is 11.8. The number of aromatic amines is 1. The Hall–Kier alpha value is -2.08. The number of nitrogens with zero attached hydrogens (tertiary/aromatic N) is 1. The topological polar surface area (TPSA) is 81.2 Å². The standard InChI is InChI=1S/C12H11ClN2O4/c1-2-19-9(16)6-15-8-5-3-4-7(13)10(8)11(17)14-12(15)18/h3-5H,2,6H2,1H3,(H,14,17,18). The number of aromatic nitrogens is 2. The van der Waals surface area contributed by atoms with Crippen LogP contribution < -0.4 is 11.2 Å². The zero-order valence-electron chi connectivity index (χ0n) is 10.1. The second kappa shape index (κ2) is 5.27. The zero-order valence-corrected chi connectivity index (χ0v) is 10.9. The van der Waals surface area contributed by atoms with Crippen LogP contribution in [0.3, 0.4) is 0 Å². The molecule has 100 valence electrons. The van der Waals surface area contributed by atoms with Crippen molar-refractivity contribution in [1.82, 2.24) is 9.55 Å². The molecule has 0 saturated heterocycles. The number of esters is 1. The molecular weight excluding hydrogens is 272 g/mol. The van der Waals surface area contributed by atoms with Crippen LogP contribution >= 0.6 is 11.6 Å². The van der Waals surface area contributed by atoms with Crippen molar-refractivity contribution in [3.63, 3.8) is 0 Å². The van der Waals surface area contributed by atoms with Crippen LogP contribution in [0.25, 0.3) is 10.9 Å². The van der Waals surface area contributed by atoms with Gasteiger partial charge in [0.15, 0.2) is 0 Å². The summed E-state index contributed by atoms with van der Waals surface area (Å²) >= 11 is 5.93. The number of carbonyl (C=O) groups is 1. The van der Waals surface area contributed by atoms with Crippen molar-refractivity contribution in [2.45, 2.75) is 13.5 Å². The van der Waals surface area contributed by atoms with E-state index in [-0.39, 0.29) is 23.6 Å². The Morgan fingerprint density at radius 1 is 1.42 bits per heavy atom. The van der Waals surface area contributed by atoms with Gasteiger partial charge in [-0.15, -0.1) is 0 Å². The molecule has 0 fully saturated rings. The van der Waals surface area contributed by atoms with Crippen molar-refractivity contribution in [1.29, 1.82) is 0 Å². The molecule has 0 bridgehead atoms. The molecule has 1 aromatic heterocycles. The summed E-state index contributed by atoms with van der Waals surface area (Å²) < 4.78 is 5.91. The lowest BCUT2D eigenvalue weighted by Crippen LogP contribution is -2.33. The van der Waals surface area contributed by atoms with Crippen molar-refractivity contribution < 1.29 is 9.53 Å². The minimum absolute atomic E-state index is 0.174. The van der Waals surface area contributed by atoms with Crippen LogP contribution in [0.4, 0.5) is 0 Å². The van der Waals surface area contributed by atoms with Gasteiger partial charge in [0, 0.05) is 0 Å². The molecule has 0 unspecified atom stereocenters. The molecule has 1 heterocycles. The molecule has 0 spiro atoms. The molecule has 2 rings (SSSR count). The molecule has 19 heavy (non-hydrogen) atoms. The third kappa shape index (κ3) is 2.53. The number of fused-ring (bicyclic) bond motifs is 1. The maximum Gasteiger partial charge on any atom is 0.329 e. The first-order valence-corrected chi connectivity index (χ1v) is 5.99. The fraction of sp³-hybridized carbons (Fsp3) is 0.250. The molecule has 0 atom stereocenters. The molecule has 1 N–H and O–H groups in total. The smallest absolute Gasteiger partial charge is 0.329 e. The highest BCUT2D eigenvalue weighted by Crippen LogP contribution is 2.18. The third-order valence-electron chi connectivity index (χ3n) is 2.57. The van der Waals surface area contributed by atoms with E-state index in [9.17, 15) is 14.4 Å². The summed E-state index contributed by atoms with van der Waals surface area (Å²) in [6.07, 6.45) is 0. The van der Waals surface area contributed by atoms with E-state index in [1.807, 2.05) is 0 Å². The zero-order chi connectivity index (χ0) is 14.0. The lowest BCUT2D eigenvalue weighted by Gasteiger charge is -2.09. The lowest BCUT2D eigenvalue weighted by atomic mass is 10.2. The van der Waals surface area contributed by atoms with Crippen molar-refractivity contribution in [2.24, 2.45) is 0 Å². The van der Waals surface area contributed by atoms with Crippen LogP contribution in [0.2, 0.25) is 5.02 Å². The molecule has 6 nitrogen and oxygen atoms in total. The molecule has 2 aromatic rings. The highest BCUT2D eigenvalue weighted by molar-refractivity contribution is 6.35. The minimum atomic E-state index is -0.673. The molecule has 0 aliphatic heterocycles. The van der Waals surface area contributed by atoms with E-state index in [1.165, 1.54) is 6.07 Å². The molecule has 0 saturated carbocycles. The van der Waals surface area contributed by atoms with E-state index in [1.54, 1.807) is 19.1 Å². The van der Waals surface area contributed by atoms with Gasteiger partial charge in [-0.25, -0.2) is 4.79 Å². The molecule has 7 heteroatoms. The quantitative estimate of drug-likeness (QED) is 0.848. The van der Waals surface area contributed by atoms with Crippen LogP contribution in [0.1, 0.15) is 6.92 Å². The number of hydrogen-bond acceptors (Lipinski definition) is 4.